The number of nitrogens with one attached hydrogen (secondary N) is 2. The van der Waals surface area contributed by atoms with Crippen LogP contribution in [0.5, 0.6) is 0 Å². The molecule has 0 aliphatic carbocycles. The number of anilines is 1. The van der Waals surface area contributed by atoms with Gasteiger partial charge in [-0.15, -0.1) is 0 Å². The normalized spacial score (nSPS) is 11.9. The highest BCUT2D eigenvalue weighted by Gasteiger charge is 2.24. The van der Waals surface area contributed by atoms with Crippen LogP contribution in [0.25, 0.3) is 0 Å². The molecule has 0 heterocycles. The lowest BCUT2D eigenvalue weighted by molar-refractivity contribution is -0.143. The van der Waals surface area contributed by atoms with E-state index in [1.807, 2.05) is 32.9 Å². The first-order chi connectivity index (χ1) is 9.35. The van der Waals surface area contributed by atoms with E-state index in [1.54, 1.807) is 6.07 Å². The number of amides is 2. The van der Waals surface area contributed by atoms with Crippen molar-refractivity contribution < 1.29 is 14.3 Å². The number of hydrogen-bond donors (Lipinski definition) is 2. The molecule has 0 radical (unpaired) electrons. The van der Waals surface area contributed by atoms with E-state index in [2.05, 4.69) is 31.3 Å². The lowest BCUT2D eigenvalue weighted by Crippen LogP contribution is -2.46. The van der Waals surface area contributed by atoms with E-state index < -0.39 is 18.0 Å². The minimum absolute atomic E-state index is 0.0563. The molecular formula is C14H19BrN2O3. The fraction of sp³-hybridized carbons (Fsp3) is 0.429. The van der Waals surface area contributed by atoms with Crippen LogP contribution in [-0.4, -0.2) is 25.2 Å². The summed E-state index contributed by atoms with van der Waals surface area (Å²) in [7, 11) is 1.30. The molecule has 2 amide bonds. The molecule has 0 bridgehead atoms. The van der Waals surface area contributed by atoms with Gasteiger partial charge in [0.05, 0.1) is 7.11 Å². The van der Waals surface area contributed by atoms with Crippen molar-refractivity contribution in [3.05, 3.63) is 28.2 Å². The topological polar surface area (TPSA) is 67.4 Å². The molecule has 0 aliphatic rings. The fourth-order valence-electron chi connectivity index (χ4n) is 1.69. The minimum Gasteiger partial charge on any atom is -0.467 e. The molecule has 5 nitrogen and oxygen atoms in total. The first-order valence-electron chi connectivity index (χ1n) is 6.26. The number of hydrogen-bond acceptors (Lipinski definition) is 3. The van der Waals surface area contributed by atoms with Gasteiger partial charge in [-0.2, -0.15) is 0 Å². The molecule has 0 saturated carbocycles. The van der Waals surface area contributed by atoms with Crippen LogP contribution in [-0.2, 0) is 9.53 Å². The smallest absolute Gasteiger partial charge is 0.328 e. The number of aryl methyl sites for hydroxylation is 1. The second kappa shape index (κ2) is 7.28. The Morgan fingerprint density at radius 3 is 2.45 bits per heavy atom. The second-order valence-corrected chi connectivity index (χ2v) is 5.72. The van der Waals surface area contributed by atoms with Crippen LogP contribution in [0.15, 0.2) is 22.7 Å². The Kier molecular flexibility index (Phi) is 6.01. The Balaban J connectivity index is 2.73. The fourth-order valence-corrected chi connectivity index (χ4v) is 2.17. The third-order valence-corrected chi connectivity index (χ3v) is 3.34. The van der Waals surface area contributed by atoms with Gasteiger partial charge in [-0.1, -0.05) is 29.8 Å². The van der Waals surface area contributed by atoms with Gasteiger partial charge in [-0.25, -0.2) is 9.59 Å². The first kappa shape index (κ1) is 16.5. The predicted molar refractivity (Wildman–Crippen MR) is 81.7 cm³/mol. The number of ether oxygens (including phenoxy) is 1. The van der Waals surface area contributed by atoms with E-state index in [0.717, 1.165) is 10.0 Å². The lowest BCUT2D eigenvalue weighted by atomic mass is 10.1. The molecule has 1 aromatic rings. The number of carbonyl (C=O) groups is 2. The average Bonchev–Trinajstić information content (AvgIpc) is 2.38. The van der Waals surface area contributed by atoms with Gasteiger partial charge in [0.2, 0.25) is 0 Å². The molecule has 2 N–H and O–H groups in total. The summed E-state index contributed by atoms with van der Waals surface area (Å²) >= 11 is 3.36. The van der Waals surface area contributed by atoms with Crippen LogP contribution in [0.2, 0.25) is 0 Å². The molecule has 1 atom stereocenters. The summed E-state index contributed by atoms with van der Waals surface area (Å²) in [5, 5.41) is 5.34. The predicted octanol–water partition coefficient (Wildman–Crippen LogP) is 3.08. The molecule has 0 saturated heterocycles. The maximum atomic E-state index is 11.9. The Labute approximate surface area is 127 Å². The van der Waals surface area contributed by atoms with E-state index >= 15 is 0 Å². The van der Waals surface area contributed by atoms with Crippen molar-refractivity contribution >= 4 is 33.6 Å². The molecule has 1 aromatic carbocycles. The number of esters is 1. The summed E-state index contributed by atoms with van der Waals surface area (Å²) in [6.07, 6.45) is 0. The largest absolute Gasteiger partial charge is 0.467 e. The highest BCUT2D eigenvalue weighted by Crippen LogP contribution is 2.20. The zero-order valence-corrected chi connectivity index (χ0v) is 13.6. The standard InChI is InChI=1S/C14H19BrN2O3/c1-8(2)12(13(18)20-4)17-14(19)16-11-6-5-10(15)7-9(11)3/h5-8,12H,1-4H3,(H2,16,17,19). The highest BCUT2D eigenvalue weighted by atomic mass is 79.9. The van der Waals surface area contributed by atoms with E-state index in [-0.39, 0.29) is 5.92 Å². The van der Waals surface area contributed by atoms with Gasteiger partial charge >= 0.3 is 12.0 Å². The zero-order chi connectivity index (χ0) is 15.3. The molecular weight excluding hydrogens is 324 g/mol. The van der Waals surface area contributed by atoms with Gasteiger partial charge in [0, 0.05) is 10.2 Å². The molecule has 110 valence electrons. The average molecular weight is 343 g/mol. The number of benzene rings is 1. The van der Waals surface area contributed by atoms with Crippen LogP contribution < -0.4 is 10.6 Å². The van der Waals surface area contributed by atoms with Crippen LogP contribution >= 0.6 is 15.9 Å². The van der Waals surface area contributed by atoms with Gasteiger partial charge in [0.15, 0.2) is 0 Å². The summed E-state index contributed by atoms with van der Waals surface area (Å²) in [5.74, 6) is -0.512. The third-order valence-electron chi connectivity index (χ3n) is 2.85. The number of methoxy groups -OCH3 is 1. The minimum atomic E-state index is -0.671. The molecule has 1 unspecified atom stereocenters. The van der Waals surface area contributed by atoms with Crippen molar-refractivity contribution in [1.82, 2.24) is 5.32 Å². The number of rotatable bonds is 4. The SMILES string of the molecule is COC(=O)C(NC(=O)Nc1ccc(Br)cc1C)C(C)C. The van der Waals surface area contributed by atoms with Gasteiger partial charge in [0.25, 0.3) is 0 Å². The third kappa shape index (κ3) is 4.52. The lowest BCUT2D eigenvalue weighted by Gasteiger charge is -2.20. The molecule has 0 fully saturated rings. The van der Waals surface area contributed by atoms with Crippen LogP contribution in [0.3, 0.4) is 0 Å². The van der Waals surface area contributed by atoms with Crippen molar-refractivity contribution in [1.29, 1.82) is 0 Å². The second-order valence-electron chi connectivity index (χ2n) is 4.80. The first-order valence-corrected chi connectivity index (χ1v) is 7.06. The Morgan fingerprint density at radius 2 is 1.95 bits per heavy atom. The van der Waals surface area contributed by atoms with Crippen molar-refractivity contribution in [3.8, 4) is 0 Å². The number of carbonyl (C=O) groups excluding carboxylic acids is 2. The Hall–Kier alpha value is -1.56. The van der Waals surface area contributed by atoms with Gasteiger partial charge in [-0.05, 0) is 36.6 Å². The Morgan fingerprint density at radius 1 is 1.30 bits per heavy atom. The summed E-state index contributed by atoms with van der Waals surface area (Å²) < 4.78 is 5.62. The van der Waals surface area contributed by atoms with Crippen LogP contribution in [0.1, 0.15) is 19.4 Å². The number of halogens is 1. The zero-order valence-electron chi connectivity index (χ0n) is 12.0. The molecule has 20 heavy (non-hydrogen) atoms. The Bertz CT molecular complexity index is 503. The van der Waals surface area contributed by atoms with Crippen molar-refractivity contribution in [2.75, 3.05) is 12.4 Å². The van der Waals surface area contributed by atoms with Crippen molar-refractivity contribution in [2.24, 2.45) is 5.92 Å². The van der Waals surface area contributed by atoms with E-state index in [0.29, 0.717) is 5.69 Å². The summed E-state index contributed by atoms with van der Waals surface area (Å²) in [6, 6.07) is 4.43. The quantitative estimate of drug-likeness (QED) is 0.826. The molecule has 1 rings (SSSR count). The van der Waals surface area contributed by atoms with Crippen LogP contribution in [0.4, 0.5) is 10.5 Å². The van der Waals surface area contributed by atoms with Gasteiger partial charge in [-0.3, -0.25) is 0 Å². The van der Waals surface area contributed by atoms with E-state index in [1.165, 1.54) is 7.11 Å². The molecule has 0 aliphatic heterocycles. The summed E-state index contributed by atoms with van der Waals surface area (Å²) in [6.45, 7) is 5.57. The van der Waals surface area contributed by atoms with Gasteiger partial charge in [0.1, 0.15) is 6.04 Å². The summed E-state index contributed by atoms with van der Waals surface area (Å²) in [4.78, 5) is 23.5. The molecule has 6 heteroatoms. The molecule has 0 aromatic heterocycles. The van der Waals surface area contributed by atoms with Crippen LogP contribution in [0, 0.1) is 12.8 Å². The van der Waals surface area contributed by atoms with Gasteiger partial charge < -0.3 is 15.4 Å². The van der Waals surface area contributed by atoms with Crippen molar-refractivity contribution in [2.45, 2.75) is 26.8 Å². The summed E-state index contributed by atoms with van der Waals surface area (Å²) in [5.41, 5.74) is 1.62. The molecule has 0 spiro atoms. The maximum absolute atomic E-state index is 11.9. The maximum Gasteiger partial charge on any atom is 0.328 e. The number of urea groups is 1. The van der Waals surface area contributed by atoms with Crippen molar-refractivity contribution in [3.63, 3.8) is 0 Å². The van der Waals surface area contributed by atoms with E-state index in [4.69, 9.17) is 0 Å². The van der Waals surface area contributed by atoms with E-state index in [9.17, 15) is 9.59 Å². The highest BCUT2D eigenvalue weighted by molar-refractivity contribution is 9.10. The monoisotopic (exact) mass is 342 g/mol.